The van der Waals surface area contributed by atoms with Crippen LogP contribution in [0, 0.1) is 10.1 Å². The highest BCUT2D eigenvalue weighted by Crippen LogP contribution is 2.27. The Balaban J connectivity index is 3.20. The number of carbonyl (C=O) groups excluding carboxylic acids is 1. The summed E-state index contributed by atoms with van der Waals surface area (Å²) in [5.41, 5.74) is -0.401. The summed E-state index contributed by atoms with van der Waals surface area (Å²) in [4.78, 5) is 24.1. The van der Waals surface area contributed by atoms with Gasteiger partial charge in [0.2, 0.25) is 0 Å². The number of nitro groups is 1. The van der Waals surface area contributed by atoms with Gasteiger partial charge in [0, 0.05) is 19.0 Å². The first-order chi connectivity index (χ1) is 9.24. The van der Waals surface area contributed by atoms with Gasteiger partial charge < -0.3 is 9.64 Å². The lowest BCUT2D eigenvalue weighted by Gasteiger charge is -2.34. The standard InChI is InChI=1S/C13H17ClN2O4/c1-13(2,8-14)15(3)12(17)10-6-5-9(16(18)19)7-11(10)20-4/h5-7H,8H2,1-4H3. The van der Waals surface area contributed by atoms with Crippen molar-refractivity contribution in [3.63, 3.8) is 0 Å². The Morgan fingerprint density at radius 2 is 2.10 bits per heavy atom. The molecule has 0 heterocycles. The molecule has 1 amide bonds. The van der Waals surface area contributed by atoms with Gasteiger partial charge in [-0.2, -0.15) is 0 Å². The normalized spacial score (nSPS) is 11.1. The zero-order valence-corrected chi connectivity index (χ0v) is 12.6. The van der Waals surface area contributed by atoms with Crippen LogP contribution in [0.15, 0.2) is 18.2 Å². The molecule has 6 nitrogen and oxygen atoms in total. The molecule has 0 bridgehead atoms. The van der Waals surface area contributed by atoms with E-state index < -0.39 is 10.5 Å². The third-order valence-corrected chi connectivity index (χ3v) is 3.82. The number of methoxy groups -OCH3 is 1. The van der Waals surface area contributed by atoms with E-state index in [-0.39, 0.29) is 28.8 Å². The molecule has 0 saturated carbocycles. The van der Waals surface area contributed by atoms with Gasteiger partial charge in [0.15, 0.2) is 0 Å². The Bertz CT molecular complexity index is 531. The summed E-state index contributed by atoms with van der Waals surface area (Å²) in [6, 6.07) is 3.90. The maximum atomic E-state index is 12.4. The fourth-order valence-corrected chi connectivity index (χ4v) is 1.69. The number of halogens is 1. The number of carbonyl (C=O) groups is 1. The Morgan fingerprint density at radius 3 is 2.55 bits per heavy atom. The van der Waals surface area contributed by atoms with E-state index in [0.29, 0.717) is 0 Å². The van der Waals surface area contributed by atoms with Crippen LogP contribution < -0.4 is 4.74 Å². The molecule has 0 aromatic heterocycles. The monoisotopic (exact) mass is 300 g/mol. The van der Waals surface area contributed by atoms with Gasteiger partial charge in [0.25, 0.3) is 11.6 Å². The van der Waals surface area contributed by atoms with Crippen LogP contribution in [-0.2, 0) is 0 Å². The summed E-state index contributed by atoms with van der Waals surface area (Å²) in [7, 11) is 2.99. The van der Waals surface area contributed by atoms with Crippen molar-refractivity contribution in [2.24, 2.45) is 0 Å². The largest absolute Gasteiger partial charge is 0.496 e. The Morgan fingerprint density at radius 1 is 1.50 bits per heavy atom. The summed E-state index contributed by atoms with van der Waals surface area (Å²) in [5, 5.41) is 10.7. The summed E-state index contributed by atoms with van der Waals surface area (Å²) in [6.45, 7) is 3.66. The summed E-state index contributed by atoms with van der Waals surface area (Å²) in [6.07, 6.45) is 0. The minimum Gasteiger partial charge on any atom is -0.496 e. The fourth-order valence-electron chi connectivity index (χ4n) is 1.52. The van der Waals surface area contributed by atoms with E-state index in [1.54, 1.807) is 7.05 Å². The highest BCUT2D eigenvalue weighted by molar-refractivity contribution is 6.18. The van der Waals surface area contributed by atoms with Crippen LogP contribution in [0.1, 0.15) is 24.2 Å². The molecule has 0 fully saturated rings. The topological polar surface area (TPSA) is 72.7 Å². The first-order valence-corrected chi connectivity index (χ1v) is 6.44. The first kappa shape index (κ1) is 16.2. The number of nitrogens with zero attached hydrogens (tertiary/aromatic N) is 2. The molecule has 1 aromatic rings. The average molecular weight is 301 g/mol. The SMILES string of the molecule is COc1cc([N+](=O)[O-])ccc1C(=O)N(C)C(C)(C)CCl. The van der Waals surface area contributed by atoms with E-state index >= 15 is 0 Å². The number of amides is 1. The summed E-state index contributed by atoms with van der Waals surface area (Å²) >= 11 is 5.85. The first-order valence-electron chi connectivity index (χ1n) is 5.91. The molecule has 1 aromatic carbocycles. The van der Waals surface area contributed by atoms with E-state index in [0.717, 1.165) is 0 Å². The molecule has 0 aliphatic carbocycles. The maximum Gasteiger partial charge on any atom is 0.273 e. The van der Waals surface area contributed by atoms with Gasteiger partial charge in [0.1, 0.15) is 5.75 Å². The average Bonchev–Trinajstić information content (AvgIpc) is 2.44. The molecule has 0 unspecified atom stereocenters. The second kappa shape index (κ2) is 6.09. The lowest BCUT2D eigenvalue weighted by molar-refractivity contribution is -0.384. The molecule has 110 valence electrons. The number of hydrogen-bond donors (Lipinski definition) is 0. The lowest BCUT2D eigenvalue weighted by atomic mass is 10.0. The minimum absolute atomic E-state index is 0.127. The van der Waals surface area contributed by atoms with Crippen LogP contribution in [0.25, 0.3) is 0 Å². The number of alkyl halides is 1. The molecule has 7 heteroatoms. The van der Waals surface area contributed by atoms with Crippen molar-refractivity contribution < 1.29 is 14.5 Å². The number of hydrogen-bond acceptors (Lipinski definition) is 4. The number of rotatable bonds is 5. The minimum atomic E-state index is -0.539. The third-order valence-electron chi connectivity index (χ3n) is 3.17. The second-order valence-corrected chi connectivity index (χ2v) is 5.22. The van der Waals surface area contributed by atoms with Crippen LogP contribution in [0.2, 0.25) is 0 Å². The Hall–Kier alpha value is -1.82. The van der Waals surface area contributed by atoms with Crippen molar-refractivity contribution in [1.82, 2.24) is 4.90 Å². The summed E-state index contributed by atoms with van der Waals surface area (Å²) in [5.74, 6) is 0.133. The molecule has 0 spiro atoms. The molecular formula is C13H17ClN2O4. The lowest BCUT2D eigenvalue weighted by Crippen LogP contribution is -2.46. The fraction of sp³-hybridized carbons (Fsp3) is 0.462. The molecule has 0 saturated heterocycles. The highest BCUT2D eigenvalue weighted by Gasteiger charge is 2.29. The molecule has 0 radical (unpaired) electrons. The van der Waals surface area contributed by atoms with Gasteiger partial charge in [-0.05, 0) is 19.9 Å². The van der Waals surface area contributed by atoms with Gasteiger partial charge in [-0.25, -0.2) is 0 Å². The number of non-ortho nitro benzene ring substituents is 1. The van der Waals surface area contributed by atoms with Crippen LogP contribution in [0.5, 0.6) is 5.75 Å². The molecule has 20 heavy (non-hydrogen) atoms. The zero-order valence-electron chi connectivity index (χ0n) is 11.8. The van der Waals surface area contributed by atoms with Crippen molar-refractivity contribution in [2.75, 3.05) is 20.0 Å². The second-order valence-electron chi connectivity index (χ2n) is 4.95. The van der Waals surface area contributed by atoms with Crippen LogP contribution in [-0.4, -0.2) is 41.3 Å². The predicted molar refractivity (Wildman–Crippen MR) is 76.5 cm³/mol. The van der Waals surface area contributed by atoms with Crippen LogP contribution >= 0.6 is 11.6 Å². The van der Waals surface area contributed by atoms with E-state index in [4.69, 9.17) is 16.3 Å². The van der Waals surface area contributed by atoms with Crippen molar-refractivity contribution in [3.05, 3.63) is 33.9 Å². The number of benzene rings is 1. The van der Waals surface area contributed by atoms with Crippen molar-refractivity contribution in [1.29, 1.82) is 0 Å². The number of ether oxygens (including phenoxy) is 1. The number of nitro benzene ring substituents is 1. The quantitative estimate of drug-likeness (QED) is 0.476. The van der Waals surface area contributed by atoms with Crippen molar-refractivity contribution in [3.8, 4) is 5.75 Å². The van der Waals surface area contributed by atoms with E-state index in [2.05, 4.69) is 0 Å². The maximum absolute atomic E-state index is 12.4. The van der Waals surface area contributed by atoms with Gasteiger partial charge in [-0.15, -0.1) is 11.6 Å². The van der Waals surface area contributed by atoms with Crippen LogP contribution in [0.3, 0.4) is 0 Å². The van der Waals surface area contributed by atoms with Crippen LogP contribution in [0.4, 0.5) is 5.69 Å². The third kappa shape index (κ3) is 3.19. The smallest absolute Gasteiger partial charge is 0.273 e. The van der Waals surface area contributed by atoms with E-state index in [1.807, 2.05) is 13.8 Å². The highest BCUT2D eigenvalue weighted by atomic mass is 35.5. The molecule has 0 atom stereocenters. The zero-order chi connectivity index (χ0) is 15.5. The predicted octanol–water partition coefficient (Wildman–Crippen LogP) is 2.69. The van der Waals surface area contributed by atoms with Gasteiger partial charge in [-0.1, -0.05) is 0 Å². The molecule has 0 N–H and O–H groups in total. The van der Waals surface area contributed by atoms with Crippen molar-refractivity contribution >= 4 is 23.2 Å². The van der Waals surface area contributed by atoms with Gasteiger partial charge >= 0.3 is 0 Å². The summed E-state index contributed by atoms with van der Waals surface area (Å²) < 4.78 is 5.07. The van der Waals surface area contributed by atoms with E-state index in [9.17, 15) is 14.9 Å². The molecule has 1 rings (SSSR count). The molecule has 0 aliphatic heterocycles. The Labute approximate surface area is 122 Å². The molecule has 0 aliphatic rings. The van der Waals surface area contributed by atoms with Gasteiger partial charge in [0.05, 0.1) is 29.2 Å². The van der Waals surface area contributed by atoms with Crippen molar-refractivity contribution in [2.45, 2.75) is 19.4 Å². The van der Waals surface area contributed by atoms with E-state index in [1.165, 1.54) is 30.2 Å². The van der Waals surface area contributed by atoms with Gasteiger partial charge in [-0.3, -0.25) is 14.9 Å². The Kier molecular flexibility index (Phi) is 4.94. The molecular weight excluding hydrogens is 284 g/mol.